The first-order valence-corrected chi connectivity index (χ1v) is 8.01. The van der Waals surface area contributed by atoms with Crippen molar-refractivity contribution < 1.29 is 14.3 Å². The van der Waals surface area contributed by atoms with Crippen LogP contribution in [0.15, 0.2) is 66.4 Å². The molecular formula is C20H19N3O3. The minimum Gasteiger partial charge on any atom is -0.465 e. The number of esters is 1. The Morgan fingerprint density at radius 3 is 2.62 bits per heavy atom. The average molecular weight is 349 g/mol. The summed E-state index contributed by atoms with van der Waals surface area (Å²) in [5.41, 5.74) is 1.99. The molecule has 0 unspecified atom stereocenters. The number of nitrogens with zero attached hydrogens (tertiary/aromatic N) is 1. The molecule has 0 aromatic heterocycles. The molecule has 0 aliphatic rings. The molecule has 1 amide bonds. The molecule has 0 fully saturated rings. The van der Waals surface area contributed by atoms with Gasteiger partial charge in [-0.05, 0) is 30.2 Å². The molecule has 6 nitrogen and oxygen atoms in total. The number of hydrogen-bond donors (Lipinski definition) is 2. The predicted molar refractivity (Wildman–Crippen MR) is 98.3 cm³/mol. The van der Waals surface area contributed by atoms with Crippen LogP contribution in [0.1, 0.15) is 15.9 Å². The van der Waals surface area contributed by atoms with Gasteiger partial charge < -0.3 is 15.4 Å². The van der Waals surface area contributed by atoms with Crippen molar-refractivity contribution in [2.75, 3.05) is 19.0 Å². The summed E-state index contributed by atoms with van der Waals surface area (Å²) in [4.78, 5) is 23.6. The zero-order valence-corrected chi connectivity index (χ0v) is 14.4. The maximum Gasteiger partial charge on any atom is 0.337 e. The summed E-state index contributed by atoms with van der Waals surface area (Å²) in [7, 11) is 1.30. The summed E-state index contributed by atoms with van der Waals surface area (Å²) < 4.78 is 4.66. The Morgan fingerprint density at radius 1 is 1.15 bits per heavy atom. The van der Waals surface area contributed by atoms with Gasteiger partial charge in [0, 0.05) is 18.4 Å². The normalized spacial score (nSPS) is 10.5. The van der Waals surface area contributed by atoms with Crippen molar-refractivity contribution in [3.05, 3.63) is 77.5 Å². The first-order chi connectivity index (χ1) is 12.6. The van der Waals surface area contributed by atoms with Crippen LogP contribution in [0, 0.1) is 11.3 Å². The van der Waals surface area contributed by atoms with E-state index in [0.717, 1.165) is 5.56 Å². The van der Waals surface area contributed by atoms with Crippen molar-refractivity contribution in [3.8, 4) is 6.07 Å². The van der Waals surface area contributed by atoms with Crippen LogP contribution >= 0.6 is 0 Å². The Bertz CT molecular complexity index is 839. The second kappa shape index (κ2) is 9.64. The lowest BCUT2D eigenvalue weighted by Crippen LogP contribution is -2.27. The van der Waals surface area contributed by atoms with E-state index < -0.39 is 11.9 Å². The predicted octanol–water partition coefficient (Wildman–Crippen LogP) is 2.65. The van der Waals surface area contributed by atoms with Crippen LogP contribution < -0.4 is 10.6 Å². The number of anilines is 1. The second-order valence-corrected chi connectivity index (χ2v) is 5.38. The number of ether oxygens (including phenoxy) is 1. The van der Waals surface area contributed by atoms with Crippen LogP contribution in [0.25, 0.3) is 0 Å². The number of benzene rings is 2. The third-order valence-electron chi connectivity index (χ3n) is 3.57. The van der Waals surface area contributed by atoms with Gasteiger partial charge >= 0.3 is 5.97 Å². The van der Waals surface area contributed by atoms with Gasteiger partial charge in [-0.15, -0.1) is 0 Å². The second-order valence-electron chi connectivity index (χ2n) is 5.38. The van der Waals surface area contributed by atoms with Gasteiger partial charge in [-0.3, -0.25) is 4.79 Å². The van der Waals surface area contributed by atoms with Gasteiger partial charge in [-0.25, -0.2) is 4.79 Å². The molecule has 0 saturated carbocycles. The quantitative estimate of drug-likeness (QED) is 0.455. The molecule has 2 aromatic carbocycles. The first kappa shape index (κ1) is 18.7. The third-order valence-corrected chi connectivity index (χ3v) is 3.57. The number of carbonyl (C=O) groups is 2. The molecule has 0 radical (unpaired) electrons. The minimum absolute atomic E-state index is 0.0541. The monoisotopic (exact) mass is 349 g/mol. The van der Waals surface area contributed by atoms with E-state index in [1.807, 2.05) is 36.4 Å². The molecule has 6 heteroatoms. The summed E-state index contributed by atoms with van der Waals surface area (Å²) in [5, 5.41) is 14.7. The number of nitriles is 1. The summed E-state index contributed by atoms with van der Waals surface area (Å²) in [5.74, 6) is -0.920. The SMILES string of the molecule is COC(=O)c1cccc(N/C=C(/C#N)C(=O)NCCc2ccccc2)c1. The summed E-state index contributed by atoms with van der Waals surface area (Å²) in [6.45, 7) is 0.430. The number of rotatable bonds is 7. The van der Waals surface area contributed by atoms with E-state index in [9.17, 15) is 14.9 Å². The van der Waals surface area contributed by atoms with Gasteiger partial charge in [0.25, 0.3) is 5.91 Å². The minimum atomic E-state index is -0.461. The van der Waals surface area contributed by atoms with Crippen molar-refractivity contribution >= 4 is 17.6 Å². The maximum absolute atomic E-state index is 12.1. The fourth-order valence-electron chi connectivity index (χ4n) is 2.22. The Hall–Kier alpha value is -3.59. The molecule has 132 valence electrons. The molecule has 0 aliphatic heterocycles. The van der Waals surface area contributed by atoms with Gasteiger partial charge in [0.2, 0.25) is 0 Å². The van der Waals surface area contributed by atoms with E-state index in [1.54, 1.807) is 24.3 Å². The highest BCUT2D eigenvalue weighted by Crippen LogP contribution is 2.12. The highest BCUT2D eigenvalue weighted by atomic mass is 16.5. The van der Waals surface area contributed by atoms with Crippen LogP contribution in [-0.2, 0) is 16.0 Å². The standard InChI is InChI=1S/C20H19N3O3/c1-26-20(25)16-8-5-9-18(12-16)23-14-17(13-21)19(24)22-11-10-15-6-3-2-4-7-15/h2-9,12,14,23H,10-11H2,1H3,(H,22,24)/b17-14-. The van der Waals surface area contributed by atoms with Crippen LogP contribution in [0.2, 0.25) is 0 Å². The third kappa shape index (κ3) is 5.49. The molecule has 0 saturated heterocycles. The smallest absolute Gasteiger partial charge is 0.337 e. The Morgan fingerprint density at radius 2 is 1.92 bits per heavy atom. The summed E-state index contributed by atoms with van der Waals surface area (Å²) >= 11 is 0. The van der Waals surface area contributed by atoms with Crippen molar-refractivity contribution in [2.24, 2.45) is 0 Å². The zero-order valence-electron chi connectivity index (χ0n) is 14.4. The molecule has 0 atom stereocenters. The van der Waals surface area contributed by atoms with Gasteiger partial charge in [0.05, 0.1) is 12.7 Å². The van der Waals surface area contributed by atoms with Crippen molar-refractivity contribution in [1.29, 1.82) is 5.26 Å². The van der Waals surface area contributed by atoms with E-state index >= 15 is 0 Å². The highest BCUT2D eigenvalue weighted by Gasteiger charge is 2.09. The topological polar surface area (TPSA) is 91.2 Å². The lowest BCUT2D eigenvalue weighted by atomic mass is 10.1. The van der Waals surface area contributed by atoms with Crippen LogP contribution in [0.3, 0.4) is 0 Å². The van der Waals surface area contributed by atoms with E-state index in [2.05, 4.69) is 15.4 Å². The Balaban J connectivity index is 1.93. The van der Waals surface area contributed by atoms with Crippen LogP contribution in [-0.4, -0.2) is 25.5 Å². The first-order valence-electron chi connectivity index (χ1n) is 8.01. The number of methoxy groups -OCH3 is 1. The zero-order chi connectivity index (χ0) is 18.8. The van der Waals surface area contributed by atoms with Gasteiger partial charge in [0.1, 0.15) is 11.6 Å². The summed E-state index contributed by atoms with van der Waals surface area (Å²) in [6.07, 6.45) is 1.99. The largest absolute Gasteiger partial charge is 0.465 e. The molecule has 26 heavy (non-hydrogen) atoms. The van der Waals surface area contributed by atoms with Gasteiger partial charge in [0.15, 0.2) is 0 Å². The molecule has 0 bridgehead atoms. The summed E-state index contributed by atoms with van der Waals surface area (Å²) in [6, 6.07) is 18.2. The Labute approximate surface area is 152 Å². The number of nitrogens with one attached hydrogen (secondary N) is 2. The number of carbonyl (C=O) groups excluding carboxylic acids is 2. The highest BCUT2D eigenvalue weighted by molar-refractivity contribution is 5.97. The van der Waals surface area contributed by atoms with E-state index in [1.165, 1.54) is 13.3 Å². The van der Waals surface area contributed by atoms with Gasteiger partial charge in [-0.2, -0.15) is 5.26 Å². The Kier molecular flexibility index (Phi) is 6.95. The maximum atomic E-state index is 12.1. The van der Waals surface area contributed by atoms with Gasteiger partial charge in [-0.1, -0.05) is 36.4 Å². The molecule has 2 aromatic rings. The average Bonchev–Trinajstić information content (AvgIpc) is 2.69. The van der Waals surface area contributed by atoms with Crippen LogP contribution in [0.4, 0.5) is 5.69 Å². The molecule has 0 spiro atoms. The molecular weight excluding hydrogens is 330 g/mol. The molecule has 2 rings (SSSR count). The van der Waals surface area contributed by atoms with Crippen LogP contribution in [0.5, 0.6) is 0 Å². The lowest BCUT2D eigenvalue weighted by molar-refractivity contribution is -0.117. The van der Waals surface area contributed by atoms with E-state index in [4.69, 9.17) is 0 Å². The lowest BCUT2D eigenvalue weighted by Gasteiger charge is -2.06. The van der Waals surface area contributed by atoms with Crippen molar-refractivity contribution in [1.82, 2.24) is 5.32 Å². The fraction of sp³-hybridized carbons (Fsp3) is 0.150. The fourth-order valence-corrected chi connectivity index (χ4v) is 2.22. The van der Waals surface area contributed by atoms with E-state index in [-0.39, 0.29) is 5.57 Å². The number of amides is 1. The van der Waals surface area contributed by atoms with Crippen molar-refractivity contribution in [2.45, 2.75) is 6.42 Å². The van der Waals surface area contributed by atoms with E-state index in [0.29, 0.717) is 24.2 Å². The van der Waals surface area contributed by atoms with Crippen molar-refractivity contribution in [3.63, 3.8) is 0 Å². The number of hydrogen-bond acceptors (Lipinski definition) is 5. The molecule has 0 heterocycles. The molecule has 2 N–H and O–H groups in total. The molecule has 0 aliphatic carbocycles.